The summed E-state index contributed by atoms with van der Waals surface area (Å²) in [5.41, 5.74) is 1.18. The Labute approximate surface area is 195 Å². The first kappa shape index (κ1) is 21.7. The van der Waals surface area contributed by atoms with Gasteiger partial charge < -0.3 is 24.8 Å². The summed E-state index contributed by atoms with van der Waals surface area (Å²) in [4.78, 5) is 46.4. The molecule has 3 aromatic heterocycles. The molecule has 0 spiro atoms. The smallest absolute Gasteiger partial charge is 0.343 e. The van der Waals surface area contributed by atoms with Crippen molar-refractivity contribution in [2.75, 3.05) is 6.61 Å². The zero-order chi connectivity index (χ0) is 23.5. The summed E-state index contributed by atoms with van der Waals surface area (Å²) in [5, 5.41) is 23.5. The van der Waals surface area contributed by atoms with Crippen molar-refractivity contribution >= 4 is 38.7 Å². The van der Waals surface area contributed by atoms with E-state index in [2.05, 4.69) is 26.2 Å². The van der Waals surface area contributed by atoms with Crippen molar-refractivity contribution in [1.29, 1.82) is 0 Å². The summed E-state index contributed by atoms with van der Waals surface area (Å²) < 4.78 is 7.22. The molecular weight excluding hydrogens is 496 g/mol. The first-order valence-electron chi connectivity index (χ1n) is 10.3. The van der Waals surface area contributed by atoms with Crippen molar-refractivity contribution in [3.8, 4) is 11.4 Å². The average Bonchev–Trinajstić information content (AvgIpc) is 3.18. The predicted molar refractivity (Wildman–Crippen MR) is 119 cm³/mol. The van der Waals surface area contributed by atoms with Gasteiger partial charge in [-0.1, -0.05) is 6.92 Å². The monoisotopic (exact) mass is 514 g/mol. The topological polar surface area (TPSA) is 144 Å². The lowest BCUT2D eigenvalue weighted by molar-refractivity contribution is -0.172. The number of nitrogens with zero attached hydrogens (tertiary/aromatic N) is 3. The van der Waals surface area contributed by atoms with E-state index in [4.69, 9.17) is 14.8 Å². The van der Waals surface area contributed by atoms with E-state index < -0.39 is 24.1 Å². The molecule has 3 N–H and O–H groups in total. The van der Waals surface area contributed by atoms with Crippen LogP contribution in [-0.4, -0.2) is 43.2 Å². The van der Waals surface area contributed by atoms with Crippen molar-refractivity contribution in [2.24, 2.45) is 0 Å². The Morgan fingerprint density at radius 3 is 2.85 bits per heavy atom. The molecule has 0 aromatic carbocycles. The summed E-state index contributed by atoms with van der Waals surface area (Å²) in [6.07, 6.45) is 1.63. The summed E-state index contributed by atoms with van der Waals surface area (Å²) in [5.74, 6) is -1.32. The zero-order valence-electron chi connectivity index (χ0n) is 17.5. The third-order valence-electron chi connectivity index (χ3n) is 6.26. The van der Waals surface area contributed by atoms with E-state index in [1.807, 2.05) is 0 Å². The summed E-state index contributed by atoms with van der Waals surface area (Å²) in [6.45, 7) is 1.10. The van der Waals surface area contributed by atoms with Crippen LogP contribution in [0.2, 0.25) is 0 Å². The van der Waals surface area contributed by atoms with Gasteiger partial charge in [-0.3, -0.25) is 9.59 Å². The Morgan fingerprint density at radius 1 is 1.33 bits per heavy atom. The molecule has 1 atom stereocenters. The number of nitrogens with one attached hydrogen (secondary N) is 1. The molecule has 0 fully saturated rings. The second kappa shape index (κ2) is 7.72. The van der Waals surface area contributed by atoms with Gasteiger partial charge >= 0.3 is 5.97 Å². The highest BCUT2D eigenvalue weighted by Gasteiger charge is 2.45. The Bertz CT molecular complexity index is 1420. The Morgan fingerprint density at radius 2 is 2.12 bits per heavy atom. The number of aromatic nitrogens is 3. The quantitative estimate of drug-likeness (QED) is 0.268. The van der Waals surface area contributed by atoms with E-state index in [1.54, 1.807) is 25.3 Å². The molecule has 3 aromatic rings. The number of hydrogen-bond acceptors (Lipinski definition) is 8. The van der Waals surface area contributed by atoms with Gasteiger partial charge in [0, 0.05) is 23.1 Å². The second-order valence-corrected chi connectivity index (χ2v) is 8.79. The molecule has 170 valence electrons. The van der Waals surface area contributed by atoms with Crippen molar-refractivity contribution in [3.63, 3.8) is 0 Å². The van der Waals surface area contributed by atoms with E-state index in [1.165, 1.54) is 4.57 Å². The zero-order valence-corrected chi connectivity index (χ0v) is 19.1. The Balaban J connectivity index is 1.76. The number of halogens is 1. The lowest BCUT2D eigenvalue weighted by Gasteiger charge is -2.31. The minimum atomic E-state index is -1.91. The van der Waals surface area contributed by atoms with Gasteiger partial charge in [-0.15, -0.1) is 0 Å². The maximum atomic E-state index is 13.4. The molecule has 0 saturated heterocycles. The number of cyclic esters (lactones) is 1. The third-order valence-corrected chi connectivity index (χ3v) is 6.70. The molecule has 0 unspecified atom stereocenters. The maximum Gasteiger partial charge on any atom is 0.343 e. The lowest BCUT2D eigenvalue weighted by atomic mass is 9.86. The minimum Gasteiger partial charge on any atom is -0.458 e. The molecule has 11 heteroatoms. The van der Waals surface area contributed by atoms with Crippen LogP contribution in [0.3, 0.4) is 0 Å². The van der Waals surface area contributed by atoms with Crippen LogP contribution in [0, 0.1) is 0 Å². The van der Waals surface area contributed by atoms with Crippen molar-refractivity contribution in [3.05, 3.63) is 55.5 Å². The molecule has 5 rings (SSSR count). The van der Waals surface area contributed by atoms with Gasteiger partial charge in [0.15, 0.2) is 5.60 Å². The van der Waals surface area contributed by atoms with Gasteiger partial charge in [0.25, 0.3) is 5.56 Å². The highest BCUT2D eigenvalue weighted by atomic mass is 79.9. The number of carbonyl (C=O) groups is 2. The van der Waals surface area contributed by atoms with E-state index in [9.17, 15) is 19.5 Å². The van der Waals surface area contributed by atoms with Crippen LogP contribution < -0.4 is 10.9 Å². The van der Waals surface area contributed by atoms with Crippen LogP contribution in [0.4, 0.5) is 0 Å². The van der Waals surface area contributed by atoms with Gasteiger partial charge in [-0.05, 0) is 40.0 Å². The molecule has 0 radical (unpaired) electrons. The minimum absolute atomic E-state index is 0.0517. The molecule has 10 nitrogen and oxygen atoms in total. The van der Waals surface area contributed by atoms with E-state index in [0.717, 1.165) is 16.5 Å². The number of aliphatic hydroxyl groups is 2. The van der Waals surface area contributed by atoms with Gasteiger partial charge in [-0.25, -0.2) is 14.8 Å². The van der Waals surface area contributed by atoms with Crippen LogP contribution in [0.15, 0.2) is 27.7 Å². The molecular formula is C22H19BrN4O6. The lowest BCUT2D eigenvalue weighted by Crippen LogP contribution is -2.44. The number of amides is 1. The average molecular weight is 515 g/mol. The summed E-state index contributed by atoms with van der Waals surface area (Å²) >= 11 is 3.36. The van der Waals surface area contributed by atoms with Crippen molar-refractivity contribution in [1.82, 2.24) is 19.9 Å². The number of aliphatic hydroxyl groups excluding tert-OH is 1. The van der Waals surface area contributed by atoms with Gasteiger partial charge in [0.05, 0.1) is 35.2 Å². The molecule has 0 saturated carbocycles. The highest BCUT2D eigenvalue weighted by molar-refractivity contribution is 9.10. The van der Waals surface area contributed by atoms with Crippen LogP contribution >= 0.6 is 15.9 Å². The fourth-order valence-electron chi connectivity index (χ4n) is 4.48. The van der Waals surface area contributed by atoms with Crippen molar-refractivity contribution < 1.29 is 24.5 Å². The predicted octanol–water partition coefficient (Wildman–Crippen LogP) is 0.846. The normalized spacial score (nSPS) is 18.5. The molecule has 5 heterocycles. The Hall–Kier alpha value is -3.15. The van der Waals surface area contributed by atoms with Crippen LogP contribution in [0.5, 0.6) is 0 Å². The fourth-order valence-corrected chi connectivity index (χ4v) is 4.82. The number of ether oxygens (including phenoxy) is 1. The molecule has 0 bridgehead atoms. The van der Waals surface area contributed by atoms with Crippen LogP contribution in [0.25, 0.3) is 22.3 Å². The molecule has 0 aliphatic carbocycles. The number of esters is 1. The third kappa shape index (κ3) is 3.18. The largest absolute Gasteiger partial charge is 0.458 e. The summed E-state index contributed by atoms with van der Waals surface area (Å²) in [6, 6.07) is 3.41. The number of carbonyl (C=O) groups excluding carboxylic acids is 2. The first-order valence-corrected chi connectivity index (χ1v) is 11.1. The van der Waals surface area contributed by atoms with Crippen LogP contribution in [0.1, 0.15) is 35.6 Å². The van der Waals surface area contributed by atoms with Gasteiger partial charge in [-0.2, -0.15) is 0 Å². The summed E-state index contributed by atoms with van der Waals surface area (Å²) in [7, 11) is 0. The number of pyridine rings is 3. The standard InChI is InChI=1S/C22H19BrN4O6/c1-2-22(32)14-4-16-19-12(7-27(16)20(30)13(14)9-33-21(22)31)11(5-25-18(29)8-28)10-3-17(23)24-6-15(10)26-19/h3-4,6,28,32H,2,5,7-9H2,1H3,(H,25,29)/t22-/m0/s1. The van der Waals surface area contributed by atoms with E-state index in [0.29, 0.717) is 21.5 Å². The van der Waals surface area contributed by atoms with E-state index >= 15 is 0 Å². The SMILES string of the molecule is CC[C@@]1(O)C(=O)OCc2c1cc1n(c2=O)Cc2c-1nc1cnc(Br)cc1c2CNC(=O)CO. The highest BCUT2D eigenvalue weighted by Crippen LogP contribution is 2.40. The van der Waals surface area contributed by atoms with Crippen molar-refractivity contribution in [2.45, 2.75) is 38.6 Å². The number of fused-ring (bicyclic) bond motifs is 5. The fraction of sp³-hybridized carbons (Fsp3) is 0.318. The maximum absolute atomic E-state index is 13.4. The molecule has 33 heavy (non-hydrogen) atoms. The number of hydrogen-bond donors (Lipinski definition) is 3. The molecule has 2 aliphatic heterocycles. The van der Waals surface area contributed by atoms with Gasteiger partial charge in [0.1, 0.15) is 17.8 Å². The first-order chi connectivity index (χ1) is 15.8. The number of rotatable bonds is 4. The second-order valence-electron chi connectivity index (χ2n) is 7.98. The molecule has 1 amide bonds. The molecule has 2 aliphatic rings. The van der Waals surface area contributed by atoms with E-state index in [-0.39, 0.29) is 42.8 Å². The van der Waals surface area contributed by atoms with Gasteiger partial charge in [0.2, 0.25) is 5.91 Å². The van der Waals surface area contributed by atoms with Crippen LogP contribution in [-0.2, 0) is 39.6 Å². The Kier molecular flexibility index (Phi) is 5.07.